The van der Waals surface area contributed by atoms with Crippen molar-refractivity contribution < 1.29 is 14.3 Å². The van der Waals surface area contributed by atoms with Gasteiger partial charge in [-0.3, -0.25) is 0 Å². The van der Waals surface area contributed by atoms with Gasteiger partial charge in [0, 0.05) is 7.11 Å². The molecule has 0 unspecified atom stereocenters. The fourth-order valence-electron chi connectivity index (χ4n) is 2.48. The van der Waals surface area contributed by atoms with Gasteiger partial charge in [-0.2, -0.15) is 0 Å². The number of rotatable bonds is 7. The van der Waals surface area contributed by atoms with Crippen molar-refractivity contribution >= 4 is 5.97 Å². The normalized spacial score (nSPS) is 11.2. The lowest BCUT2D eigenvalue weighted by Crippen LogP contribution is -2.40. The molecule has 22 heavy (non-hydrogen) atoms. The Morgan fingerprint density at radius 3 is 1.86 bits per heavy atom. The summed E-state index contributed by atoms with van der Waals surface area (Å²) in [6, 6.07) is 19.0. The van der Waals surface area contributed by atoms with Crippen molar-refractivity contribution in [3.05, 3.63) is 71.8 Å². The predicted molar refractivity (Wildman–Crippen MR) is 86.5 cm³/mol. The highest BCUT2D eigenvalue weighted by Gasteiger charge is 2.44. The zero-order valence-electron chi connectivity index (χ0n) is 13.1. The van der Waals surface area contributed by atoms with E-state index in [0.29, 0.717) is 6.61 Å². The van der Waals surface area contributed by atoms with Crippen molar-refractivity contribution in [3.8, 4) is 0 Å². The van der Waals surface area contributed by atoms with Crippen LogP contribution in [0.4, 0.5) is 0 Å². The van der Waals surface area contributed by atoms with Crippen LogP contribution in [0.1, 0.15) is 30.9 Å². The molecular formula is C19H22O3. The molecule has 0 heterocycles. The fourth-order valence-corrected chi connectivity index (χ4v) is 2.48. The van der Waals surface area contributed by atoms with Gasteiger partial charge in [0.2, 0.25) is 5.60 Å². The largest absolute Gasteiger partial charge is 0.463 e. The van der Waals surface area contributed by atoms with Gasteiger partial charge < -0.3 is 9.47 Å². The number of methoxy groups -OCH3 is 1. The van der Waals surface area contributed by atoms with E-state index >= 15 is 0 Å². The summed E-state index contributed by atoms with van der Waals surface area (Å²) < 4.78 is 11.2. The van der Waals surface area contributed by atoms with Crippen molar-refractivity contribution in [1.82, 2.24) is 0 Å². The van der Waals surface area contributed by atoms with Crippen LogP contribution in [-0.4, -0.2) is 19.7 Å². The monoisotopic (exact) mass is 298 g/mol. The molecule has 0 radical (unpaired) electrons. The molecule has 2 aromatic rings. The zero-order valence-corrected chi connectivity index (χ0v) is 13.1. The first-order valence-corrected chi connectivity index (χ1v) is 7.59. The quantitative estimate of drug-likeness (QED) is 0.574. The standard InChI is InChI=1S/C19H22O3/c1-3-4-15-22-18(20)19(21-2,16-11-7-5-8-12-16)17-13-9-6-10-14-17/h5-14H,3-4,15H2,1-2H3. The first kappa shape index (κ1) is 16.2. The number of carbonyl (C=O) groups is 1. The van der Waals surface area contributed by atoms with E-state index in [9.17, 15) is 4.79 Å². The molecule has 2 aromatic carbocycles. The molecule has 0 aliphatic heterocycles. The van der Waals surface area contributed by atoms with Gasteiger partial charge in [0.05, 0.1) is 6.61 Å². The summed E-state index contributed by atoms with van der Waals surface area (Å²) in [5.74, 6) is -0.374. The lowest BCUT2D eigenvalue weighted by Gasteiger charge is -2.31. The Morgan fingerprint density at radius 2 is 1.45 bits per heavy atom. The average Bonchev–Trinajstić information content (AvgIpc) is 2.58. The number of hydrogen-bond acceptors (Lipinski definition) is 3. The lowest BCUT2D eigenvalue weighted by atomic mass is 9.86. The van der Waals surface area contributed by atoms with E-state index in [4.69, 9.17) is 9.47 Å². The first-order valence-electron chi connectivity index (χ1n) is 7.59. The van der Waals surface area contributed by atoms with E-state index in [0.717, 1.165) is 24.0 Å². The van der Waals surface area contributed by atoms with Gasteiger partial charge in [-0.1, -0.05) is 74.0 Å². The van der Waals surface area contributed by atoms with Crippen LogP contribution in [0.3, 0.4) is 0 Å². The van der Waals surface area contributed by atoms with Crippen molar-refractivity contribution in [3.63, 3.8) is 0 Å². The second-order valence-corrected chi connectivity index (χ2v) is 5.11. The minimum atomic E-state index is -1.23. The maximum atomic E-state index is 12.8. The molecule has 0 atom stereocenters. The molecule has 0 aliphatic rings. The van der Waals surface area contributed by atoms with E-state index in [2.05, 4.69) is 6.92 Å². The molecule has 0 aliphatic carbocycles. The summed E-state index contributed by atoms with van der Waals surface area (Å²) in [7, 11) is 1.54. The Labute approximate surface area is 131 Å². The Balaban J connectivity index is 2.46. The summed E-state index contributed by atoms with van der Waals surface area (Å²) in [6.07, 6.45) is 1.82. The molecule has 3 nitrogen and oxygen atoms in total. The molecular weight excluding hydrogens is 276 g/mol. The Hall–Kier alpha value is -2.13. The molecule has 3 heteroatoms. The third-order valence-corrected chi connectivity index (χ3v) is 3.69. The van der Waals surface area contributed by atoms with Gasteiger partial charge in [-0.05, 0) is 17.5 Å². The van der Waals surface area contributed by atoms with Crippen LogP contribution < -0.4 is 0 Å². The summed E-state index contributed by atoms with van der Waals surface area (Å²) in [6.45, 7) is 2.46. The van der Waals surface area contributed by atoms with Crippen LogP contribution in [0, 0.1) is 0 Å². The number of unbranched alkanes of at least 4 members (excludes halogenated alkanes) is 1. The summed E-state index contributed by atoms with van der Waals surface area (Å²) in [4.78, 5) is 12.8. The first-order chi connectivity index (χ1) is 10.8. The Bertz CT molecular complexity index is 539. The Morgan fingerprint density at radius 1 is 0.955 bits per heavy atom. The third-order valence-electron chi connectivity index (χ3n) is 3.69. The van der Waals surface area contributed by atoms with E-state index in [1.807, 2.05) is 60.7 Å². The van der Waals surface area contributed by atoms with E-state index in [1.165, 1.54) is 0 Å². The number of ether oxygens (including phenoxy) is 2. The van der Waals surface area contributed by atoms with Crippen molar-refractivity contribution in [2.75, 3.05) is 13.7 Å². The Kier molecular flexibility index (Phi) is 5.73. The van der Waals surface area contributed by atoms with Crippen LogP contribution in [0.25, 0.3) is 0 Å². The molecule has 0 bridgehead atoms. The minimum absolute atomic E-state index is 0.374. The van der Waals surface area contributed by atoms with E-state index < -0.39 is 5.60 Å². The second kappa shape index (κ2) is 7.76. The van der Waals surface area contributed by atoms with Crippen LogP contribution in [0.15, 0.2) is 60.7 Å². The molecule has 0 saturated carbocycles. The van der Waals surface area contributed by atoms with Crippen LogP contribution >= 0.6 is 0 Å². The summed E-state index contributed by atoms with van der Waals surface area (Å²) >= 11 is 0. The number of carbonyl (C=O) groups excluding carboxylic acids is 1. The smallest absolute Gasteiger partial charge is 0.347 e. The van der Waals surface area contributed by atoms with Crippen molar-refractivity contribution in [2.24, 2.45) is 0 Å². The highest BCUT2D eigenvalue weighted by Crippen LogP contribution is 2.34. The summed E-state index contributed by atoms with van der Waals surface area (Å²) in [5, 5.41) is 0. The zero-order chi connectivity index (χ0) is 15.8. The molecule has 2 rings (SSSR count). The van der Waals surface area contributed by atoms with E-state index in [1.54, 1.807) is 7.11 Å². The fraction of sp³-hybridized carbons (Fsp3) is 0.316. The number of hydrogen-bond donors (Lipinski definition) is 0. The highest BCUT2D eigenvalue weighted by atomic mass is 16.6. The average molecular weight is 298 g/mol. The minimum Gasteiger partial charge on any atom is -0.463 e. The maximum absolute atomic E-state index is 12.8. The lowest BCUT2D eigenvalue weighted by molar-refractivity contribution is -0.165. The van der Waals surface area contributed by atoms with Crippen LogP contribution in [0.2, 0.25) is 0 Å². The van der Waals surface area contributed by atoms with Gasteiger partial charge >= 0.3 is 5.97 Å². The molecule has 0 amide bonds. The third kappa shape index (κ3) is 3.20. The van der Waals surface area contributed by atoms with Gasteiger partial charge in [0.1, 0.15) is 0 Å². The number of benzene rings is 2. The topological polar surface area (TPSA) is 35.5 Å². The van der Waals surface area contributed by atoms with Gasteiger partial charge in [0.25, 0.3) is 0 Å². The molecule has 0 spiro atoms. The maximum Gasteiger partial charge on any atom is 0.347 e. The van der Waals surface area contributed by atoms with Gasteiger partial charge in [-0.25, -0.2) is 4.79 Å². The molecule has 0 fully saturated rings. The highest BCUT2D eigenvalue weighted by molar-refractivity contribution is 5.85. The van der Waals surface area contributed by atoms with Gasteiger partial charge in [0.15, 0.2) is 0 Å². The van der Waals surface area contributed by atoms with Crippen LogP contribution in [-0.2, 0) is 19.9 Å². The summed E-state index contributed by atoms with van der Waals surface area (Å²) in [5.41, 5.74) is 0.311. The SMILES string of the molecule is CCCCOC(=O)C(OC)(c1ccccc1)c1ccccc1. The van der Waals surface area contributed by atoms with Gasteiger partial charge in [-0.15, -0.1) is 0 Å². The van der Waals surface area contributed by atoms with Crippen LogP contribution in [0.5, 0.6) is 0 Å². The molecule has 116 valence electrons. The second-order valence-electron chi connectivity index (χ2n) is 5.11. The van der Waals surface area contributed by atoms with E-state index in [-0.39, 0.29) is 5.97 Å². The van der Waals surface area contributed by atoms with Crippen molar-refractivity contribution in [1.29, 1.82) is 0 Å². The number of esters is 1. The molecule has 0 aromatic heterocycles. The molecule has 0 saturated heterocycles. The predicted octanol–water partition coefficient (Wildman–Crippen LogP) is 3.92. The van der Waals surface area contributed by atoms with Crippen molar-refractivity contribution in [2.45, 2.75) is 25.4 Å². The molecule has 0 N–H and O–H groups in total.